The van der Waals surface area contributed by atoms with E-state index in [-0.39, 0.29) is 5.75 Å². The van der Waals surface area contributed by atoms with Gasteiger partial charge in [0.2, 0.25) is 0 Å². The monoisotopic (exact) mass is 345 g/mol. The van der Waals surface area contributed by atoms with Crippen molar-refractivity contribution in [3.05, 3.63) is 17.7 Å². The van der Waals surface area contributed by atoms with Gasteiger partial charge in [-0.25, -0.2) is 0 Å². The summed E-state index contributed by atoms with van der Waals surface area (Å²) >= 11 is 0. The third-order valence-corrected chi connectivity index (χ3v) is 6.81. The maximum atomic E-state index is 9.80. The molecule has 1 aromatic rings. The smallest absolute Gasteiger partial charge is 0.149 e. The van der Waals surface area contributed by atoms with E-state index in [4.69, 9.17) is 10.5 Å². The van der Waals surface area contributed by atoms with E-state index in [1.54, 1.807) is 13.2 Å². The van der Waals surface area contributed by atoms with E-state index in [0.29, 0.717) is 17.4 Å². The van der Waals surface area contributed by atoms with Gasteiger partial charge in [0.25, 0.3) is 0 Å². The number of nitrogens with two attached hydrogens (primary N) is 1. The number of rotatable bonds is 5. The van der Waals surface area contributed by atoms with Gasteiger partial charge in [-0.05, 0) is 61.0 Å². The van der Waals surface area contributed by atoms with Crippen LogP contribution in [0.1, 0.15) is 82.6 Å². The maximum Gasteiger partial charge on any atom is 0.149 e. The van der Waals surface area contributed by atoms with Crippen molar-refractivity contribution in [1.29, 1.82) is 0 Å². The molecule has 1 aromatic carbocycles. The van der Waals surface area contributed by atoms with Gasteiger partial charge in [0.05, 0.1) is 7.11 Å². The molecule has 2 aliphatic carbocycles. The highest BCUT2D eigenvalue weighted by molar-refractivity contribution is 5.66. The largest absolute Gasteiger partial charge is 0.506 e. The molecular weight excluding hydrogens is 310 g/mol. The minimum absolute atomic E-state index is 0.121. The fourth-order valence-electron chi connectivity index (χ4n) is 5.01. The number of methoxy groups -OCH3 is 1. The molecule has 3 rings (SSSR count). The molecule has 3 nitrogen and oxygen atoms in total. The Bertz CT molecular complexity index is 555. The molecule has 0 aliphatic heterocycles. The van der Waals surface area contributed by atoms with Crippen LogP contribution < -0.4 is 10.5 Å². The molecule has 0 unspecified atom stereocenters. The first-order chi connectivity index (χ1) is 12.1. The maximum absolute atomic E-state index is 9.80. The zero-order valence-corrected chi connectivity index (χ0v) is 16.0. The second-order valence-corrected chi connectivity index (χ2v) is 8.54. The molecule has 0 saturated heterocycles. The van der Waals surface area contributed by atoms with Gasteiger partial charge < -0.3 is 15.6 Å². The van der Waals surface area contributed by atoms with Gasteiger partial charge in [0, 0.05) is 0 Å². The summed E-state index contributed by atoms with van der Waals surface area (Å²) in [6.07, 6.45) is 13.7. The van der Waals surface area contributed by atoms with Gasteiger partial charge in [-0.15, -0.1) is 0 Å². The lowest BCUT2D eigenvalue weighted by Crippen LogP contribution is -2.17. The Kier molecular flexibility index (Phi) is 6.14. The van der Waals surface area contributed by atoms with Gasteiger partial charge in [0.1, 0.15) is 17.2 Å². The fraction of sp³-hybridized carbons (Fsp3) is 0.727. The van der Waals surface area contributed by atoms with Gasteiger partial charge in [-0.2, -0.15) is 0 Å². The van der Waals surface area contributed by atoms with Crippen molar-refractivity contribution >= 4 is 5.69 Å². The van der Waals surface area contributed by atoms with E-state index in [1.165, 1.54) is 69.8 Å². The Balaban J connectivity index is 1.50. The predicted octanol–water partition coefficient (Wildman–Crippen LogP) is 5.86. The van der Waals surface area contributed by atoms with Crippen molar-refractivity contribution < 1.29 is 9.84 Å². The van der Waals surface area contributed by atoms with E-state index in [9.17, 15) is 5.11 Å². The number of benzene rings is 1. The number of nitrogen functional groups attached to an aromatic ring is 1. The van der Waals surface area contributed by atoms with Crippen LogP contribution >= 0.6 is 0 Å². The predicted molar refractivity (Wildman–Crippen MR) is 104 cm³/mol. The number of phenols is 1. The third kappa shape index (κ3) is 4.43. The van der Waals surface area contributed by atoms with Crippen molar-refractivity contribution in [3.63, 3.8) is 0 Å². The van der Waals surface area contributed by atoms with E-state index < -0.39 is 0 Å². The van der Waals surface area contributed by atoms with Crippen molar-refractivity contribution in [1.82, 2.24) is 0 Å². The number of ether oxygens (including phenoxy) is 1. The first-order valence-electron chi connectivity index (χ1n) is 10.2. The Hall–Kier alpha value is -1.38. The zero-order chi connectivity index (χ0) is 17.8. The highest BCUT2D eigenvalue weighted by Gasteiger charge is 2.27. The van der Waals surface area contributed by atoms with Crippen molar-refractivity contribution in [2.24, 2.45) is 17.8 Å². The molecule has 2 saturated carbocycles. The normalized spacial score (nSPS) is 30.2. The Morgan fingerprint density at radius 3 is 2.08 bits per heavy atom. The van der Waals surface area contributed by atoms with Crippen LogP contribution in [0.4, 0.5) is 5.69 Å². The van der Waals surface area contributed by atoms with E-state index in [2.05, 4.69) is 6.92 Å². The molecule has 0 atom stereocenters. The highest BCUT2D eigenvalue weighted by atomic mass is 16.5. The molecule has 0 bridgehead atoms. The van der Waals surface area contributed by atoms with Gasteiger partial charge >= 0.3 is 0 Å². The topological polar surface area (TPSA) is 55.5 Å². The van der Waals surface area contributed by atoms with Crippen molar-refractivity contribution in [3.8, 4) is 11.5 Å². The number of aromatic hydroxyl groups is 1. The van der Waals surface area contributed by atoms with Crippen LogP contribution in [0, 0.1) is 17.8 Å². The second kappa shape index (κ2) is 8.33. The third-order valence-electron chi connectivity index (χ3n) is 6.81. The summed E-state index contributed by atoms with van der Waals surface area (Å²) in [6, 6.07) is 3.71. The van der Waals surface area contributed by atoms with Crippen molar-refractivity contribution in [2.75, 3.05) is 12.8 Å². The SMILES string of the molecule is COc1c(C2CCC(CCC3CCC(C)CC3)CC2)ccc(O)c1N. The molecule has 2 fully saturated rings. The first kappa shape index (κ1) is 18.4. The summed E-state index contributed by atoms with van der Waals surface area (Å²) in [5.41, 5.74) is 7.55. The highest BCUT2D eigenvalue weighted by Crippen LogP contribution is 2.45. The lowest BCUT2D eigenvalue weighted by Gasteiger charge is -2.32. The fourth-order valence-corrected chi connectivity index (χ4v) is 5.01. The van der Waals surface area contributed by atoms with Crippen LogP contribution in [0.25, 0.3) is 0 Å². The molecule has 3 heteroatoms. The Labute approximate surface area is 153 Å². The van der Waals surface area contributed by atoms with Crippen LogP contribution in [0.15, 0.2) is 12.1 Å². The average Bonchev–Trinajstić information content (AvgIpc) is 2.64. The van der Waals surface area contributed by atoms with Crippen LogP contribution in [-0.2, 0) is 0 Å². The molecule has 2 aliphatic rings. The van der Waals surface area contributed by atoms with Crippen LogP contribution in [-0.4, -0.2) is 12.2 Å². The molecular formula is C22H35NO2. The first-order valence-corrected chi connectivity index (χ1v) is 10.2. The summed E-state index contributed by atoms with van der Waals surface area (Å²) in [7, 11) is 1.64. The summed E-state index contributed by atoms with van der Waals surface area (Å²) in [4.78, 5) is 0. The summed E-state index contributed by atoms with van der Waals surface area (Å²) < 4.78 is 5.49. The molecule has 140 valence electrons. The molecule has 0 spiro atoms. The van der Waals surface area contributed by atoms with Gasteiger partial charge in [-0.3, -0.25) is 0 Å². The van der Waals surface area contributed by atoms with E-state index in [1.807, 2.05) is 6.07 Å². The molecule has 0 heterocycles. The minimum atomic E-state index is 0.121. The number of hydrogen-bond acceptors (Lipinski definition) is 3. The summed E-state index contributed by atoms with van der Waals surface area (Å²) in [5.74, 6) is 4.17. The van der Waals surface area contributed by atoms with Crippen molar-refractivity contribution in [2.45, 2.75) is 77.0 Å². The summed E-state index contributed by atoms with van der Waals surface area (Å²) in [5, 5.41) is 9.80. The molecule has 0 amide bonds. The lowest BCUT2D eigenvalue weighted by atomic mass is 9.74. The molecule has 0 aromatic heterocycles. The molecule has 25 heavy (non-hydrogen) atoms. The number of hydrogen-bond donors (Lipinski definition) is 2. The van der Waals surface area contributed by atoms with Crippen LogP contribution in [0.5, 0.6) is 11.5 Å². The standard InChI is InChI=1S/C22H35NO2/c1-15-3-5-16(6-4-15)7-8-17-9-11-18(12-10-17)19-13-14-20(24)21(23)22(19)25-2/h13-18,24H,3-12,23H2,1-2H3. The lowest BCUT2D eigenvalue weighted by molar-refractivity contribution is 0.237. The molecule has 0 radical (unpaired) electrons. The molecule has 3 N–H and O–H groups in total. The van der Waals surface area contributed by atoms with Gasteiger partial charge in [0.15, 0.2) is 0 Å². The number of phenolic OH excluding ortho intramolecular Hbond substituents is 1. The quantitative estimate of drug-likeness (QED) is 0.519. The van der Waals surface area contributed by atoms with Crippen LogP contribution in [0.3, 0.4) is 0 Å². The van der Waals surface area contributed by atoms with E-state index >= 15 is 0 Å². The average molecular weight is 346 g/mol. The second-order valence-electron chi connectivity index (χ2n) is 8.54. The van der Waals surface area contributed by atoms with Gasteiger partial charge in [-0.1, -0.05) is 51.5 Å². The Morgan fingerprint density at radius 2 is 1.52 bits per heavy atom. The van der Waals surface area contributed by atoms with E-state index in [0.717, 1.165) is 17.8 Å². The van der Waals surface area contributed by atoms with Crippen LogP contribution in [0.2, 0.25) is 0 Å². The summed E-state index contributed by atoms with van der Waals surface area (Å²) in [6.45, 7) is 2.40. The Morgan fingerprint density at radius 1 is 0.960 bits per heavy atom. The minimum Gasteiger partial charge on any atom is -0.506 e. The number of anilines is 1. The zero-order valence-electron chi connectivity index (χ0n) is 16.0.